The van der Waals surface area contributed by atoms with Crippen LogP contribution in [-0.2, 0) is 12.8 Å². The van der Waals surface area contributed by atoms with E-state index in [1.54, 1.807) is 7.11 Å². The number of rotatable bonds is 6. The normalized spacial score (nSPS) is 12.2. The molecule has 21 heavy (non-hydrogen) atoms. The highest BCUT2D eigenvalue weighted by atomic mass is 35.5. The minimum atomic E-state index is 0.250. The second-order valence-electron chi connectivity index (χ2n) is 4.94. The van der Waals surface area contributed by atoms with Crippen molar-refractivity contribution in [1.82, 2.24) is 0 Å². The van der Waals surface area contributed by atoms with Crippen LogP contribution in [-0.4, -0.2) is 13.0 Å². The third kappa shape index (κ3) is 4.29. The van der Waals surface area contributed by atoms with E-state index >= 15 is 0 Å². The van der Waals surface area contributed by atoms with Crippen LogP contribution < -0.4 is 4.74 Å². The largest absolute Gasteiger partial charge is 0.496 e. The van der Waals surface area contributed by atoms with Crippen molar-refractivity contribution in [3.63, 3.8) is 0 Å². The highest BCUT2D eigenvalue weighted by Crippen LogP contribution is 2.30. The third-order valence-electron chi connectivity index (χ3n) is 3.47. The van der Waals surface area contributed by atoms with Crippen LogP contribution in [0.1, 0.15) is 11.1 Å². The molecule has 0 spiro atoms. The first-order valence-corrected chi connectivity index (χ1v) is 8.05. The van der Waals surface area contributed by atoms with Crippen LogP contribution in [0.25, 0.3) is 0 Å². The highest BCUT2D eigenvalue weighted by Gasteiger charge is 2.16. The number of para-hydroxylation sites is 1. The van der Waals surface area contributed by atoms with Gasteiger partial charge in [0.05, 0.1) is 7.11 Å². The molecule has 0 radical (unpaired) electrons. The standard InChI is InChI=1S/C17H17Cl3O/c1-21-17-8-3-2-5-13(17)9-12(11-18)10-14-15(19)6-4-7-16(14)20/h2-8,12H,9-11H2,1H3. The molecule has 0 aliphatic rings. The van der Waals surface area contributed by atoms with E-state index in [9.17, 15) is 0 Å². The van der Waals surface area contributed by atoms with Gasteiger partial charge in [0.2, 0.25) is 0 Å². The Morgan fingerprint density at radius 2 is 1.62 bits per heavy atom. The van der Waals surface area contributed by atoms with Crippen LogP contribution in [0.5, 0.6) is 5.75 Å². The van der Waals surface area contributed by atoms with Gasteiger partial charge in [-0.25, -0.2) is 0 Å². The van der Waals surface area contributed by atoms with Crippen molar-refractivity contribution in [2.45, 2.75) is 12.8 Å². The first-order valence-electron chi connectivity index (χ1n) is 6.76. The first-order chi connectivity index (χ1) is 10.2. The summed E-state index contributed by atoms with van der Waals surface area (Å²) in [6, 6.07) is 13.6. The Kier molecular flexibility index (Phi) is 6.22. The summed E-state index contributed by atoms with van der Waals surface area (Å²) in [6.07, 6.45) is 1.58. The average molecular weight is 344 g/mol. The number of benzene rings is 2. The van der Waals surface area contributed by atoms with Gasteiger partial charge in [0, 0.05) is 15.9 Å². The van der Waals surface area contributed by atoms with E-state index in [4.69, 9.17) is 39.5 Å². The van der Waals surface area contributed by atoms with Crippen LogP contribution in [0.4, 0.5) is 0 Å². The van der Waals surface area contributed by atoms with Gasteiger partial charge in [-0.3, -0.25) is 0 Å². The molecule has 2 aromatic carbocycles. The number of halogens is 3. The fraction of sp³-hybridized carbons (Fsp3) is 0.294. The summed E-state index contributed by atoms with van der Waals surface area (Å²) in [5.74, 6) is 1.68. The Hall–Kier alpha value is -0.890. The summed E-state index contributed by atoms with van der Waals surface area (Å²) in [6.45, 7) is 0. The molecule has 0 bridgehead atoms. The molecule has 112 valence electrons. The van der Waals surface area contributed by atoms with Gasteiger partial charge >= 0.3 is 0 Å². The minimum absolute atomic E-state index is 0.250. The summed E-state index contributed by atoms with van der Waals surface area (Å²) in [5, 5.41) is 1.38. The predicted molar refractivity (Wildman–Crippen MR) is 91.1 cm³/mol. The topological polar surface area (TPSA) is 9.23 Å². The number of alkyl halides is 1. The Morgan fingerprint density at radius 1 is 0.952 bits per heavy atom. The Morgan fingerprint density at radius 3 is 2.24 bits per heavy atom. The summed E-state index contributed by atoms with van der Waals surface area (Å²) < 4.78 is 5.39. The van der Waals surface area contributed by atoms with Gasteiger partial charge in [0.15, 0.2) is 0 Å². The second-order valence-corrected chi connectivity index (χ2v) is 6.06. The van der Waals surface area contributed by atoms with Gasteiger partial charge in [0.25, 0.3) is 0 Å². The average Bonchev–Trinajstić information content (AvgIpc) is 2.50. The van der Waals surface area contributed by atoms with E-state index in [0.29, 0.717) is 15.9 Å². The van der Waals surface area contributed by atoms with Gasteiger partial charge in [-0.1, -0.05) is 47.5 Å². The zero-order chi connectivity index (χ0) is 15.2. The van der Waals surface area contributed by atoms with Crippen LogP contribution in [0.3, 0.4) is 0 Å². The maximum absolute atomic E-state index is 6.24. The van der Waals surface area contributed by atoms with E-state index in [1.165, 1.54) is 0 Å². The lowest BCUT2D eigenvalue weighted by molar-refractivity contribution is 0.405. The number of methoxy groups -OCH3 is 1. The van der Waals surface area contributed by atoms with E-state index < -0.39 is 0 Å². The molecule has 0 aliphatic heterocycles. The van der Waals surface area contributed by atoms with Gasteiger partial charge < -0.3 is 4.74 Å². The van der Waals surface area contributed by atoms with Crippen molar-refractivity contribution >= 4 is 34.8 Å². The molecule has 0 heterocycles. The molecule has 0 N–H and O–H groups in total. The summed E-state index contributed by atoms with van der Waals surface area (Å²) >= 11 is 18.6. The number of hydrogen-bond acceptors (Lipinski definition) is 1. The molecule has 4 heteroatoms. The molecule has 1 unspecified atom stereocenters. The molecule has 2 rings (SSSR count). The van der Waals surface area contributed by atoms with Gasteiger partial charge in [-0.15, -0.1) is 11.6 Å². The monoisotopic (exact) mass is 342 g/mol. The molecule has 0 saturated heterocycles. The maximum Gasteiger partial charge on any atom is 0.122 e. The van der Waals surface area contributed by atoms with Crippen molar-refractivity contribution in [3.05, 3.63) is 63.6 Å². The van der Waals surface area contributed by atoms with Crippen LogP contribution in [0, 0.1) is 5.92 Å². The summed E-state index contributed by atoms with van der Waals surface area (Å²) in [5.41, 5.74) is 2.11. The Bertz CT molecular complexity index is 578. The quantitative estimate of drug-likeness (QED) is 0.616. The lowest BCUT2D eigenvalue weighted by atomic mass is 9.93. The van der Waals surface area contributed by atoms with Crippen LogP contribution in [0.15, 0.2) is 42.5 Å². The zero-order valence-electron chi connectivity index (χ0n) is 11.8. The molecule has 0 amide bonds. The Labute approximate surface area is 140 Å². The molecular weight excluding hydrogens is 327 g/mol. The summed E-state index contributed by atoms with van der Waals surface area (Å²) in [4.78, 5) is 0. The molecule has 0 aromatic heterocycles. The smallest absolute Gasteiger partial charge is 0.122 e. The second kappa shape index (κ2) is 7.93. The van der Waals surface area contributed by atoms with Crippen molar-refractivity contribution in [3.8, 4) is 5.75 Å². The third-order valence-corrected chi connectivity index (χ3v) is 4.62. The van der Waals surface area contributed by atoms with Crippen molar-refractivity contribution in [2.24, 2.45) is 5.92 Å². The lowest BCUT2D eigenvalue weighted by Gasteiger charge is -2.17. The van der Waals surface area contributed by atoms with Crippen molar-refractivity contribution < 1.29 is 4.74 Å². The predicted octanol–water partition coefficient (Wildman–Crippen LogP) is 5.64. The fourth-order valence-corrected chi connectivity index (χ4v) is 3.15. The van der Waals surface area contributed by atoms with E-state index in [-0.39, 0.29) is 5.92 Å². The molecule has 1 atom stereocenters. The molecule has 1 nitrogen and oxygen atoms in total. The zero-order valence-corrected chi connectivity index (χ0v) is 14.1. The fourth-order valence-electron chi connectivity index (χ4n) is 2.38. The van der Waals surface area contributed by atoms with Crippen LogP contribution in [0.2, 0.25) is 10.0 Å². The molecular formula is C17H17Cl3O. The van der Waals surface area contributed by atoms with Gasteiger partial charge in [-0.2, -0.15) is 0 Å². The van der Waals surface area contributed by atoms with Crippen LogP contribution >= 0.6 is 34.8 Å². The number of ether oxygens (including phenoxy) is 1. The van der Waals surface area contributed by atoms with E-state index in [1.807, 2.05) is 36.4 Å². The van der Waals surface area contributed by atoms with Crippen molar-refractivity contribution in [2.75, 3.05) is 13.0 Å². The molecule has 0 saturated carbocycles. The number of hydrogen-bond donors (Lipinski definition) is 0. The van der Waals surface area contributed by atoms with E-state index in [2.05, 4.69) is 6.07 Å². The summed E-state index contributed by atoms with van der Waals surface area (Å²) in [7, 11) is 1.68. The molecule has 2 aromatic rings. The SMILES string of the molecule is COc1ccccc1CC(CCl)Cc1c(Cl)cccc1Cl. The lowest BCUT2D eigenvalue weighted by Crippen LogP contribution is -2.11. The van der Waals surface area contributed by atoms with Crippen molar-refractivity contribution in [1.29, 1.82) is 0 Å². The Balaban J connectivity index is 2.17. The van der Waals surface area contributed by atoms with Gasteiger partial charge in [-0.05, 0) is 48.1 Å². The maximum atomic E-state index is 6.24. The van der Waals surface area contributed by atoms with E-state index in [0.717, 1.165) is 29.7 Å². The minimum Gasteiger partial charge on any atom is -0.496 e. The van der Waals surface area contributed by atoms with Gasteiger partial charge in [0.1, 0.15) is 5.75 Å². The molecule has 0 aliphatic carbocycles. The highest BCUT2D eigenvalue weighted by molar-refractivity contribution is 6.36. The molecule has 0 fully saturated rings. The first kappa shape index (κ1) is 16.5.